The zero-order chi connectivity index (χ0) is 6.81. The van der Waals surface area contributed by atoms with Gasteiger partial charge in [-0.1, -0.05) is 17.9 Å². The van der Waals surface area contributed by atoms with Crippen molar-refractivity contribution in [2.45, 2.75) is 31.8 Å². The highest BCUT2D eigenvalue weighted by molar-refractivity contribution is 4.75. The molecular weight excluding hydrogens is 132 g/mol. The summed E-state index contributed by atoms with van der Waals surface area (Å²) in [7, 11) is 0. The summed E-state index contributed by atoms with van der Waals surface area (Å²) in [6.45, 7) is 0.713. The first-order valence-corrected chi connectivity index (χ1v) is 3.92. The van der Waals surface area contributed by atoms with Crippen molar-refractivity contribution in [3.63, 3.8) is 0 Å². The first-order valence-electron chi connectivity index (χ1n) is 3.92. The molecule has 10 heavy (non-hydrogen) atoms. The predicted molar refractivity (Wildman–Crippen MR) is 33.9 cm³/mol. The second-order valence-corrected chi connectivity index (χ2v) is 3.03. The molecule has 2 fully saturated rings. The largest absolute Gasteiger partial charge is 0.206 e. The van der Waals surface area contributed by atoms with Crippen molar-refractivity contribution in [3.8, 4) is 0 Å². The molecule has 58 valence electrons. The molecule has 0 bridgehead atoms. The molecule has 0 aromatic heterocycles. The Morgan fingerprint density at radius 3 is 2.90 bits per heavy atom. The standard InChI is InChI=1S/C7H12O3/c1-2-4-7-6(3-1)5-8-10-9-7/h6-7H,1-5H2/t6-,7-/m0/s1. The molecule has 0 unspecified atom stereocenters. The zero-order valence-corrected chi connectivity index (χ0v) is 5.91. The van der Waals surface area contributed by atoms with Crippen LogP contribution in [-0.2, 0) is 14.8 Å². The maximum Gasteiger partial charge on any atom is 0.101 e. The van der Waals surface area contributed by atoms with Gasteiger partial charge in [0.2, 0.25) is 0 Å². The maximum absolute atomic E-state index is 4.96. The summed E-state index contributed by atoms with van der Waals surface area (Å²) in [5.74, 6) is 0.586. The molecule has 3 heteroatoms. The summed E-state index contributed by atoms with van der Waals surface area (Å²) in [6, 6.07) is 0. The van der Waals surface area contributed by atoms with E-state index in [9.17, 15) is 0 Å². The van der Waals surface area contributed by atoms with Gasteiger partial charge in [-0.15, -0.1) is 0 Å². The minimum atomic E-state index is 0.308. The Bertz CT molecular complexity index is 89.4. The quantitative estimate of drug-likeness (QED) is 0.481. The third-order valence-electron chi connectivity index (χ3n) is 2.33. The van der Waals surface area contributed by atoms with Crippen molar-refractivity contribution in [1.29, 1.82) is 0 Å². The topological polar surface area (TPSA) is 27.7 Å². The first-order chi connectivity index (χ1) is 4.97. The minimum absolute atomic E-state index is 0.308. The smallest absolute Gasteiger partial charge is 0.101 e. The van der Waals surface area contributed by atoms with Crippen molar-refractivity contribution in [2.75, 3.05) is 6.61 Å². The van der Waals surface area contributed by atoms with Crippen LogP contribution in [0, 0.1) is 5.92 Å². The van der Waals surface area contributed by atoms with Crippen molar-refractivity contribution < 1.29 is 14.8 Å². The molecule has 1 aliphatic heterocycles. The molecule has 2 atom stereocenters. The highest BCUT2D eigenvalue weighted by Crippen LogP contribution is 2.29. The van der Waals surface area contributed by atoms with Gasteiger partial charge in [-0.25, -0.2) is 9.78 Å². The van der Waals surface area contributed by atoms with Crippen molar-refractivity contribution in [2.24, 2.45) is 5.92 Å². The summed E-state index contributed by atoms with van der Waals surface area (Å²) >= 11 is 0. The Kier molecular flexibility index (Phi) is 1.88. The van der Waals surface area contributed by atoms with Crippen LogP contribution in [0.4, 0.5) is 0 Å². The fraction of sp³-hybridized carbons (Fsp3) is 1.00. The van der Waals surface area contributed by atoms with Crippen LogP contribution in [0.3, 0.4) is 0 Å². The van der Waals surface area contributed by atoms with E-state index in [0.717, 1.165) is 6.42 Å². The Morgan fingerprint density at radius 2 is 2.00 bits per heavy atom. The summed E-state index contributed by atoms with van der Waals surface area (Å²) < 4.78 is 0. The molecule has 1 aliphatic carbocycles. The fourth-order valence-electron chi connectivity index (χ4n) is 1.68. The molecule has 0 amide bonds. The monoisotopic (exact) mass is 144 g/mol. The molecule has 1 saturated heterocycles. The van der Waals surface area contributed by atoms with Gasteiger partial charge < -0.3 is 0 Å². The lowest BCUT2D eigenvalue weighted by Crippen LogP contribution is -2.35. The van der Waals surface area contributed by atoms with E-state index in [1.54, 1.807) is 0 Å². The fourth-order valence-corrected chi connectivity index (χ4v) is 1.68. The van der Waals surface area contributed by atoms with Gasteiger partial charge in [0.25, 0.3) is 0 Å². The molecule has 2 aliphatic rings. The van der Waals surface area contributed by atoms with Crippen LogP contribution >= 0.6 is 0 Å². The highest BCUT2D eigenvalue weighted by atomic mass is 17.5. The second-order valence-electron chi connectivity index (χ2n) is 3.03. The van der Waals surface area contributed by atoms with Gasteiger partial charge in [0, 0.05) is 5.92 Å². The molecule has 0 radical (unpaired) electrons. The molecule has 1 heterocycles. The van der Waals surface area contributed by atoms with Gasteiger partial charge >= 0.3 is 0 Å². The molecule has 1 saturated carbocycles. The van der Waals surface area contributed by atoms with Gasteiger partial charge in [-0.2, -0.15) is 0 Å². The van der Waals surface area contributed by atoms with Gasteiger partial charge in [-0.05, 0) is 12.8 Å². The van der Waals surface area contributed by atoms with Crippen LogP contribution < -0.4 is 0 Å². The number of rotatable bonds is 0. The second kappa shape index (κ2) is 2.86. The predicted octanol–water partition coefficient (Wildman–Crippen LogP) is 1.44. The van der Waals surface area contributed by atoms with Gasteiger partial charge in [0.1, 0.15) is 6.10 Å². The van der Waals surface area contributed by atoms with E-state index in [0.29, 0.717) is 18.6 Å². The highest BCUT2D eigenvalue weighted by Gasteiger charge is 2.30. The Hall–Kier alpha value is -0.120. The SMILES string of the molecule is C1CC[C@@H]2OOOC[C@@H]2C1. The molecule has 0 N–H and O–H groups in total. The van der Waals surface area contributed by atoms with Gasteiger partial charge in [-0.3, -0.25) is 0 Å². The summed E-state index contributed by atoms with van der Waals surface area (Å²) in [6.07, 6.45) is 5.25. The van der Waals surface area contributed by atoms with E-state index in [-0.39, 0.29) is 0 Å². The normalized spacial score (nSPS) is 40.8. The Balaban J connectivity index is 1.93. The molecule has 0 spiro atoms. The average molecular weight is 144 g/mol. The molecule has 3 nitrogen and oxygen atoms in total. The van der Waals surface area contributed by atoms with E-state index in [1.807, 2.05) is 0 Å². The molecular formula is C7H12O3. The summed E-state index contributed by atoms with van der Waals surface area (Å²) in [4.78, 5) is 9.68. The van der Waals surface area contributed by atoms with Crippen LogP contribution in [0.25, 0.3) is 0 Å². The van der Waals surface area contributed by atoms with Crippen LogP contribution in [0.15, 0.2) is 0 Å². The van der Waals surface area contributed by atoms with E-state index in [2.05, 4.69) is 5.04 Å². The summed E-state index contributed by atoms with van der Waals surface area (Å²) in [5, 5.41) is 4.44. The number of fused-ring (bicyclic) bond motifs is 1. The van der Waals surface area contributed by atoms with Crippen LogP contribution in [0.1, 0.15) is 25.7 Å². The lowest BCUT2D eigenvalue weighted by atomic mass is 9.87. The maximum atomic E-state index is 4.96. The molecule has 0 aromatic carbocycles. The minimum Gasteiger partial charge on any atom is -0.206 e. The van der Waals surface area contributed by atoms with Crippen LogP contribution in [-0.4, -0.2) is 12.7 Å². The first kappa shape index (κ1) is 6.58. The molecule has 2 rings (SSSR count). The molecule has 0 aromatic rings. The third-order valence-corrected chi connectivity index (χ3v) is 2.33. The lowest BCUT2D eigenvalue weighted by molar-refractivity contribution is -0.560. The lowest BCUT2D eigenvalue weighted by Gasteiger charge is -2.32. The number of hydrogen-bond donors (Lipinski definition) is 0. The van der Waals surface area contributed by atoms with E-state index in [4.69, 9.17) is 9.78 Å². The van der Waals surface area contributed by atoms with E-state index >= 15 is 0 Å². The van der Waals surface area contributed by atoms with Crippen molar-refractivity contribution >= 4 is 0 Å². The average Bonchev–Trinajstić information content (AvgIpc) is 2.05. The third kappa shape index (κ3) is 1.17. The van der Waals surface area contributed by atoms with E-state index in [1.165, 1.54) is 19.3 Å². The Labute approximate surface area is 60.1 Å². The van der Waals surface area contributed by atoms with E-state index < -0.39 is 0 Å². The Morgan fingerprint density at radius 1 is 1.10 bits per heavy atom. The van der Waals surface area contributed by atoms with Gasteiger partial charge in [0.05, 0.1) is 6.61 Å². The van der Waals surface area contributed by atoms with Crippen molar-refractivity contribution in [3.05, 3.63) is 0 Å². The zero-order valence-electron chi connectivity index (χ0n) is 5.91. The van der Waals surface area contributed by atoms with Crippen LogP contribution in [0.5, 0.6) is 0 Å². The number of hydrogen-bond acceptors (Lipinski definition) is 3. The van der Waals surface area contributed by atoms with Gasteiger partial charge in [0.15, 0.2) is 0 Å². The summed E-state index contributed by atoms with van der Waals surface area (Å²) in [5.41, 5.74) is 0. The van der Waals surface area contributed by atoms with Crippen LogP contribution in [0.2, 0.25) is 0 Å². The van der Waals surface area contributed by atoms with Crippen molar-refractivity contribution in [1.82, 2.24) is 0 Å².